The van der Waals surface area contributed by atoms with Crippen molar-refractivity contribution in [1.82, 2.24) is 10.3 Å². The second-order valence-corrected chi connectivity index (χ2v) is 7.50. The third kappa shape index (κ3) is 3.68. The first-order chi connectivity index (χ1) is 10.2. The fraction of sp³-hybridized carbons (Fsp3) is 0.833. The van der Waals surface area contributed by atoms with E-state index in [2.05, 4.69) is 24.1 Å². The van der Waals surface area contributed by atoms with Crippen LogP contribution in [-0.2, 0) is 6.54 Å². The van der Waals surface area contributed by atoms with Crippen molar-refractivity contribution in [3.63, 3.8) is 0 Å². The highest BCUT2D eigenvalue weighted by molar-refractivity contribution is 5.14. The van der Waals surface area contributed by atoms with Crippen LogP contribution in [0.5, 0.6) is 0 Å². The molecule has 0 spiro atoms. The molecule has 21 heavy (non-hydrogen) atoms. The van der Waals surface area contributed by atoms with Crippen LogP contribution in [0.2, 0.25) is 0 Å². The van der Waals surface area contributed by atoms with Crippen molar-refractivity contribution in [3.8, 4) is 0 Å². The summed E-state index contributed by atoms with van der Waals surface area (Å²) in [7, 11) is 0. The van der Waals surface area contributed by atoms with Gasteiger partial charge in [0.2, 0.25) is 0 Å². The van der Waals surface area contributed by atoms with Crippen LogP contribution >= 0.6 is 0 Å². The van der Waals surface area contributed by atoms with Crippen molar-refractivity contribution in [2.75, 3.05) is 6.54 Å². The van der Waals surface area contributed by atoms with E-state index in [1.807, 2.05) is 0 Å². The second-order valence-electron chi connectivity index (χ2n) is 7.50. The van der Waals surface area contributed by atoms with Crippen molar-refractivity contribution in [2.24, 2.45) is 17.8 Å². The smallest absolute Gasteiger partial charge is 0.181 e. The van der Waals surface area contributed by atoms with Gasteiger partial charge in [0, 0.05) is 12.5 Å². The van der Waals surface area contributed by atoms with Gasteiger partial charge >= 0.3 is 0 Å². The second kappa shape index (κ2) is 6.95. The van der Waals surface area contributed by atoms with E-state index in [1.165, 1.54) is 50.7 Å². The Bertz CT molecular complexity index is 440. The van der Waals surface area contributed by atoms with Gasteiger partial charge in [-0.05, 0) is 43.6 Å². The average molecular weight is 290 g/mol. The van der Waals surface area contributed by atoms with Crippen molar-refractivity contribution in [3.05, 3.63) is 17.8 Å². The van der Waals surface area contributed by atoms with Gasteiger partial charge in [0.05, 0.1) is 5.69 Å². The van der Waals surface area contributed by atoms with Gasteiger partial charge in [-0.3, -0.25) is 0 Å². The van der Waals surface area contributed by atoms with Gasteiger partial charge in [-0.1, -0.05) is 39.5 Å². The van der Waals surface area contributed by atoms with Crippen LogP contribution in [0.3, 0.4) is 0 Å². The lowest BCUT2D eigenvalue weighted by atomic mass is 9.67. The first-order valence-corrected chi connectivity index (χ1v) is 8.87. The van der Waals surface area contributed by atoms with Gasteiger partial charge in [0.15, 0.2) is 6.39 Å². The van der Waals surface area contributed by atoms with Crippen molar-refractivity contribution >= 4 is 0 Å². The maximum atomic E-state index is 5.79. The summed E-state index contributed by atoms with van der Waals surface area (Å²) < 4.78 is 5.79. The van der Waals surface area contributed by atoms with Crippen LogP contribution in [-0.4, -0.2) is 11.5 Å². The molecule has 0 amide bonds. The molecular weight excluding hydrogens is 260 g/mol. The standard InChI is InChI=1S/C18H30N2O/c1-13(2)10-19-11-17-18(21-12-20-17)16-8-7-14-5-3-4-6-15(14)9-16/h12-16,19H,3-11H2,1-2H3. The van der Waals surface area contributed by atoms with Crippen molar-refractivity contribution in [1.29, 1.82) is 0 Å². The Morgan fingerprint density at radius 3 is 2.81 bits per heavy atom. The first kappa shape index (κ1) is 15.1. The van der Waals surface area contributed by atoms with Crippen LogP contribution in [0.15, 0.2) is 10.8 Å². The maximum absolute atomic E-state index is 5.79. The monoisotopic (exact) mass is 290 g/mol. The number of oxazole rings is 1. The van der Waals surface area contributed by atoms with Gasteiger partial charge in [-0.15, -0.1) is 0 Å². The summed E-state index contributed by atoms with van der Waals surface area (Å²) >= 11 is 0. The summed E-state index contributed by atoms with van der Waals surface area (Å²) in [6.45, 7) is 6.37. The number of rotatable bonds is 5. The third-order valence-corrected chi connectivity index (χ3v) is 5.43. The molecule has 3 rings (SSSR count). The minimum Gasteiger partial charge on any atom is -0.448 e. The van der Waals surface area contributed by atoms with E-state index in [0.29, 0.717) is 11.8 Å². The van der Waals surface area contributed by atoms with E-state index in [-0.39, 0.29) is 0 Å². The molecule has 1 heterocycles. The van der Waals surface area contributed by atoms with E-state index in [1.54, 1.807) is 6.39 Å². The zero-order chi connectivity index (χ0) is 14.7. The number of hydrogen-bond acceptors (Lipinski definition) is 3. The zero-order valence-electron chi connectivity index (χ0n) is 13.6. The molecule has 1 aromatic rings. The topological polar surface area (TPSA) is 38.1 Å². The van der Waals surface area contributed by atoms with Crippen molar-refractivity contribution in [2.45, 2.75) is 71.3 Å². The largest absolute Gasteiger partial charge is 0.448 e. The van der Waals surface area contributed by atoms with E-state index < -0.39 is 0 Å². The Balaban J connectivity index is 1.60. The number of hydrogen-bond donors (Lipinski definition) is 1. The Labute approximate surface area is 128 Å². The molecule has 0 aromatic carbocycles. The molecule has 0 bridgehead atoms. The molecule has 2 saturated carbocycles. The van der Waals surface area contributed by atoms with Crippen LogP contribution < -0.4 is 5.32 Å². The predicted molar refractivity (Wildman–Crippen MR) is 85.1 cm³/mol. The summed E-state index contributed by atoms with van der Waals surface area (Å²) in [5, 5.41) is 3.50. The summed E-state index contributed by atoms with van der Waals surface area (Å²) in [5.74, 6) is 4.41. The summed E-state index contributed by atoms with van der Waals surface area (Å²) in [6.07, 6.45) is 11.5. The zero-order valence-corrected chi connectivity index (χ0v) is 13.6. The van der Waals surface area contributed by atoms with Gasteiger partial charge in [-0.25, -0.2) is 4.98 Å². The number of nitrogens with zero attached hydrogens (tertiary/aromatic N) is 1. The first-order valence-electron chi connectivity index (χ1n) is 8.87. The molecule has 2 aliphatic rings. The fourth-order valence-corrected chi connectivity index (χ4v) is 4.33. The molecular formula is C18H30N2O. The Morgan fingerprint density at radius 1 is 1.19 bits per heavy atom. The minimum atomic E-state index is 0.614. The molecule has 2 fully saturated rings. The van der Waals surface area contributed by atoms with Gasteiger partial charge in [0.1, 0.15) is 5.76 Å². The van der Waals surface area contributed by atoms with Crippen LogP contribution in [0.1, 0.15) is 76.2 Å². The SMILES string of the molecule is CC(C)CNCc1ncoc1C1CCC2CCCCC2C1. The van der Waals surface area contributed by atoms with E-state index in [0.717, 1.165) is 30.6 Å². The molecule has 0 aliphatic heterocycles. The minimum absolute atomic E-state index is 0.614. The lowest BCUT2D eigenvalue weighted by molar-refractivity contribution is 0.147. The summed E-state index contributed by atoms with van der Waals surface area (Å²) in [4.78, 5) is 4.46. The summed E-state index contributed by atoms with van der Waals surface area (Å²) in [6, 6.07) is 0. The lowest BCUT2D eigenvalue weighted by Crippen LogP contribution is -2.27. The lowest BCUT2D eigenvalue weighted by Gasteiger charge is -2.38. The molecule has 3 unspecified atom stereocenters. The molecule has 0 saturated heterocycles. The maximum Gasteiger partial charge on any atom is 0.181 e. The molecule has 2 aliphatic carbocycles. The highest BCUT2D eigenvalue weighted by Gasteiger charge is 2.34. The Morgan fingerprint density at radius 2 is 2.00 bits per heavy atom. The number of fused-ring (bicyclic) bond motifs is 1. The quantitative estimate of drug-likeness (QED) is 0.868. The molecule has 3 atom stereocenters. The summed E-state index contributed by atoms with van der Waals surface area (Å²) in [5.41, 5.74) is 1.15. The van der Waals surface area contributed by atoms with Crippen molar-refractivity contribution < 1.29 is 4.42 Å². The molecule has 118 valence electrons. The van der Waals surface area contributed by atoms with E-state index in [4.69, 9.17) is 4.42 Å². The van der Waals surface area contributed by atoms with Gasteiger partial charge in [-0.2, -0.15) is 0 Å². The fourth-order valence-electron chi connectivity index (χ4n) is 4.33. The van der Waals surface area contributed by atoms with E-state index >= 15 is 0 Å². The molecule has 0 radical (unpaired) electrons. The highest BCUT2D eigenvalue weighted by atomic mass is 16.3. The van der Waals surface area contributed by atoms with Gasteiger partial charge < -0.3 is 9.73 Å². The number of aromatic nitrogens is 1. The van der Waals surface area contributed by atoms with E-state index in [9.17, 15) is 0 Å². The van der Waals surface area contributed by atoms with Gasteiger partial charge in [0.25, 0.3) is 0 Å². The Kier molecular flexibility index (Phi) is 4.99. The highest BCUT2D eigenvalue weighted by Crippen LogP contribution is 2.46. The molecule has 1 aromatic heterocycles. The normalized spacial score (nSPS) is 29.6. The van der Waals surface area contributed by atoms with Crippen LogP contribution in [0, 0.1) is 17.8 Å². The molecule has 1 N–H and O–H groups in total. The number of nitrogens with one attached hydrogen (secondary N) is 1. The van der Waals surface area contributed by atoms with Crippen LogP contribution in [0.25, 0.3) is 0 Å². The third-order valence-electron chi connectivity index (χ3n) is 5.43. The molecule has 3 heteroatoms. The predicted octanol–water partition coefficient (Wildman–Crippen LogP) is 4.49. The van der Waals surface area contributed by atoms with Crippen LogP contribution in [0.4, 0.5) is 0 Å². The Hall–Kier alpha value is -0.830. The average Bonchev–Trinajstić information content (AvgIpc) is 2.95. The molecule has 3 nitrogen and oxygen atoms in total.